The number of allylic oxidation sites excluding steroid dienone is 4. The van der Waals surface area contributed by atoms with Gasteiger partial charge in [-0.3, -0.25) is 48.1 Å². The van der Waals surface area contributed by atoms with E-state index in [1.807, 2.05) is 19.9 Å². The number of Topliss-reactive ketones (excluding diaryl/α,β-unsaturated/α-hetero) is 1. The summed E-state index contributed by atoms with van der Waals surface area (Å²) in [5, 5.41) is 76.8. The summed E-state index contributed by atoms with van der Waals surface area (Å²) in [5.41, 5.74) is 3.97. The third-order valence-electron chi connectivity index (χ3n) is 20.1. The number of aliphatic hydroxyl groups excluding tert-OH is 6. The molecule has 4 aliphatic carbocycles. The molecule has 1 aromatic rings. The third kappa shape index (κ3) is 21.7. The van der Waals surface area contributed by atoms with Gasteiger partial charge in [-0.15, -0.1) is 0 Å². The first-order valence-electron chi connectivity index (χ1n) is 35.1. The number of nitrogens with one attached hydrogen (secondary N) is 6. The van der Waals surface area contributed by atoms with E-state index in [-0.39, 0.29) is 134 Å². The number of imide groups is 1. The number of hydrogen-bond donors (Lipinski definition) is 13. The van der Waals surface area contributed by atoms with Gasteiger partial charge in [0.05, 0.1) is 84.3 Å². The number of aliphatic hydroxyl groups is 6. The zero-order valence-corrected chi connectivity index (χ0v) is 58.9. The average Bonchev–Trinajstić information content (AvgIpc) is 1.53. The summed E-state index contributed by atoms with van der Waals surface area (Å²) in [6, 6.07) is 1.08. The maximum absolute atomic E-state index is 14.7. The smallest absolute Gasteiger partial charge is 0.429 e. The molecule has 0 spiro atoms. The molecule has 4 fully saturated rings. The van der Waals surface area contributed by atoms with Crippen LogP contribution in [0, 0.1) is 34.5 Å². The quantitative estimate of drug-likeness (QED) is 0.0218. The van der Waals surface area contributed by atoms with E-state index < -0.39 is 169 Å². The van der Waals surface area contributed by atoms with Crippen LogP contribution in [0.2, 0.25) is 0 Å². The van der Waals surface area contributed by atoms with Gasteiger partial charge in [-0.05, 0) is 99.0 Å². The fraction of sp³-hybridized carbons (Fsp3) is 0.671. The molecule has 0 bridgehead atoms. The van der Waals surface area contributed by atoms with Crippen LogP contribution in [0.15, 0.2) is 60.2 Å². The first-order valence-corrected chi connectivity index (χ1v) is 35.1. The number of amides is 9. The lowest BCUT2D eigenvalue weighted by atomic mass is 9.46. The van der Waals surface area contributed by atoms with Crippen LogP contribution in [0.3, 0.4) is 0 Å². The first-order chi connectivity index (χ1) is 49.1. The number of primary amides is 1. The number of ether oxygens (including phenoxy) is 8. The molecule has 0 aromatic heterocycles. The SMILES string of the molecule is CCCC1O[C@@H]2C[C@H]3[C@@H]4CCC5=CC(=O)C=C[C@]5(C)[C@H]4[C@@H](O)C[C@]3(C)[C@]2(C(=O)COC(=O)OCc2ccc(NC(=O)[C@H](CCCNC(N)=O)NC(=O)[C@@H](NC(=O)[C@@H](CCC(=O)NC[C@H](O)[C@@H](O)[C@H](O)[C@H](O)CO)NC(=O)CCOCCOCCOCCOCCN3C(=O)C=CC3=O)C(C)C)cc2)O1. The van der Waals surface area contributed by atoms with Gasteiger partial charge in [0.1, 0.15) is 43.0 Å². The van der Waals surface area contributed by atoms with Gasteiger partial charge in [-0.25, -0.2) is 9.59 Å². The number of hydrogen-bond acceptors (Lipinski definition) is 25. The van der Waals surface area contributed by atoms with Gasteiger partial charge < -0.3 is 106 Å². The summed E-state index contributed by atoms with van der Waals surface area (Å²) in [6.07, 6.45) is -1.17. The van der Waals surface area contributed by atoms with Crippen molar-refractivity contribution in [3.05, 3.63) is 65.8 Å². The Labute approximate surface area is 597 Å². The molecule has 1 aromatic carbocycles. The molecule has 2 heterocycles. The predicted octanol–water partition coefficient (Wildman–Crippen LogP) is -0.711. The van der Waals surface area contributed by atoms with Crippen LogP contribution in [0.5, 0.6) is 0 Å². The minimum absolute atomic E-state index is 0.00697. The Hall–Kier alpha value is -7.67. The number of ketones is 2. The van der Waals surface area contributed by atoms with E-state index in [0.717, 1.165) is 10.5 Å². The van der Waals surface area contributed by atoms with Crippen molar-refractivity contribution in [3.63, 3.8) is 0 Å². The van der Waals surface area contributed by atoms with E-state index in [0.29, 0.717) is 37.7 Å². The maximum Gasteiger partial charge on any atom is 0.509 e. The molecule has 103 heavy (non-hydrogen) atoms. The summed E-state index contributed by atoms with van der Waals surface area (Å²) in [7, 11) is 0. The minimum Gasteiger partial charge on any atom is -0.429 e. The largest absolute Gasteiger partial charge is 0.509 e. The molecule has 0 radical (unpaired) electrons. The monoisotopic (exact) mass is 1450 g/mol. The van der Waals surface area contributed by atoms with Gasteiger partial charge >= 0.3 is 12.2 Å². The highest BCUT2D eigenvalue weighted by molar-refractivity contribution is 6.13. The Morgan fingerprint density at radius 3 is 2.03 bits per heavy atom. The highest BCUT2D eigenvalue weighted by Gasteiger charge is 2.76. The number of urea groups is 1. The number of carbonyl (C=O) groups excluding carboxylic acids is 11. The number of carbonyl (C=O) groups is 11. The summed E-state index contributed by atoms with van der Waals surface area (Å²) in [4.78, 5) is 145. The third-order valence-corrected chi connectivity index (χ3v) is 20.1. The zero-order chi connectivity index (χ0) is 75.2. The maximum atomic E-state index is 14.7. The lowest BCUT2D eigenvalue weighted by molar-refractivity contribution is -0.200. The number of rotatable bonds is 43. The van der Waals surface area contributed by atoms with Crippen LogP contribution < -0.4 is 37.6 Å². The van der Waals surface area contributed by atoms with Crippen LogP contribution in [-0.2, 0) is 87.7 Å². The van der Waals surface area contributed by atoms with E-state index >= 15 is 0 Å². The first kappa shape index (κ1) is 82.6. The molecule has 7 rings (SSSR count). The summed E-state index contributed by atoms with van der Waals surface area (Å²) in [6.45, 7) is 7.79. The second kappa shape index (κ2) is 38.9. The molecule has 1 unspecified atom stereocenters. The van der Waals surface area contributed by atoms with Gasteiger partial charge in [0.15, 0.2) is 24.3 Å². The standard InChI is InChI=1S/C70H102N8O25/c1-6-8-58-102-53-34-46-45-15-12-42-33-44(80)20-22-68(42,4)59(45)49(81)35-69(46,5)70(53,103-58)52(84)39-101-67(95)100-38-41-10-13-43(14-11-41)74-63(91)47(9-7-23-72-66(71)94)76-65(93)60(40(2)3)77-64(92)48(16-17-54(85)73-36-50(82)61(89)62(90)51(83)37-79)75-55(86)21-25-96-27-29-98-31-32-99-30-28-97-26-24-78-56(87)18-19-57(78)88/h10-11,13-14,18-20,22,33,40,45-51,53,58-62,79,81-83,89-90H,6-9,12,15-17,21,23-32,34-39H2,1-5H3,(H,73,85)(H,74,91)(H,75,86)(H,76,93)(H,77,92)(H3,71,72,94)/t45-,46-,47-,48+,49-,50-,51+,53+,58?,59+,60-,61+,62+,68-,69-,70+/m0/s1. The molecule has 14 N–H and O–H groups in total. The Morgan fingerprint density at radius 2 is 1.39 bits per heavy atom. The number of nitrogens with zero attached hydrogens (tertiary/aromatic N) is 1. The second-order valence-electron chi connectivity index (χ2n) is 27.4. The molecule has 9 amide bonds. The van der Waals surface area contributed by atoms with E-state index in [1.54, 1.807) is 38.1 Å². The Morgan fingerprint density at radius 1 is 0.748 bits per heavy atom. The summed E-state index contributed by atoms with van der Waals surface area (Å²) >= 11 is 0. The zero-order valence-electron chi connectivity index (χ0n) is 58.9. The van der Waals surface area contributed by atoms with Crippen molar-refractivity contribution in [2.75, 3.05) is 91.0 Å². The molecule has 572 valence electrons. The van der Waals surface area contributed by atoms with Gasteiger partial charge in [0.25, 0.3) is 11.8 Å². The van der Waals surface area contributed by atoms with Crippen LogP contribution in [0.4, 0.5) is 15.3 Å². The molecular weight excluding hydrogens is 1350 g/mol. The molecule has 3 saturated carbocycles. The average molecular weight is 1460 g/mol. The van der Waals surface area contributed by atoms with Crippen molar-refractivity contribution in [3.8, 4) is 0 Å². The topological polar surface area (TPSA) is 484 Å². The number of fused-ring (bicyclic) bond motifs is 7. The van der Waals surface area contributed by atoms with Crippen LogP contribution in [0.1, 0.15) is 111 Å². The molecule has 2 aliphatic heterocycles. The molecule has 33 nitrogen and oxygen atoms in total. The van der Waals surface area contributed by atoms with Crippen LogP contribution in [0.25, 0.3) is 0 Å². The molecule has 16 atom stereocenters. The van der Waals surface area contributed by atoms with Gasteiger partial charge in [0, 0.05) is 60.5 Å². The lowest BCUT2D eigenvalue weighted by Crippen LogP contribution is -2.63. The Bertz CT molecular complexity index is 3210. The number of nitrogens with two attached hydrogens (primary N) is 1. The van der Waals surface area contributed by atoms with Gasteiger partial charge in [-0.2, -0.15) is 0 Å². The second-order valence-corrected chi connectivity index (χ2v) is 27.4. The van der Waals surface area contributed by atoms with E-state index in [2.05, 4.69) is 38.8 Å². The normalized spacial score (nSPS) is 25.9. The van der Waals surface area contributed by atoms with E-state index in [1.165, 1.54) is 24.3 Å². The van der Waals surface area contributed by atoms with E-state index in [4.69, 9.17) is 48.7 Å². The van der Waals surface area contributed by atoms with Crippen molar-refractivity contribution >= 4 is 70.8 Å². The summed E-state index contributed by atoms with van der Waals surface area (Å²) in [5.74, 6) is -6.37. The lowest BCUT2D eigenvalue weighted by Gasteiger charge is -2.59. The Balaban J connectivity index is 0.907. The number of benzene rings is 1. The molecule has 1 saturated heterocycles. The van der Waals surface area contributed by atoms with E-state index in [9.17, 15) is 78.3 Å². The van der Waals surface area contributed by atoms with Crippen LogP contribution >= 0.6 is 0 Å². The van der Waals surface area contributed by atoms with Gasteiger partial charge in [-0.1, -0.05) is 64.8 Å². The van der Waals surface area contributed by atoms with Gasteiger partial charge in [0.2, 0.25) is 35.3 Å². The minimum atomic E-state index is -1.99. The van der Waals surface area contributed by atoms with Crippen molar-refractivity contribution in [2.45, 2.75) is 178 Å². The van der Waals surface area contributed by atoms with Crippen molar-refractivity contribution in [1.29, 1.82) is 0 Å². The van der Waals surface area contributed by atoms with Crippen molar-refractivity contribution in [2.24, 2.45) is 40.2 Å². The predicted molar refractivity (Wildman–Crippen MR) is 362 cm³/mol. The highest BCUT2D eigenvalue weighted by atomic mass is 16.8. The van der Waals surface area contributed by atoms with Crippen LogP contribution in [-0.4, -0.2) is 253 Å². The molecule has 33 heteroatoms. The molecular formula is C70H102N8O25. The fourth-order valence-electron chi connectivity index (χ4n) is 14.7. The Kier molecular flexibility index (Phi) is 31.2. The molecule has 6 aliphatic rings. The van der Waals surface area contributed by atoms with Crippen molar-refractivity contribution in [1.82, 2.24) is 31.5 Å². The fourth-order valence-corrected chi connectivity index (χ4v) is 14.7. The summed E-state index contributed by atoms with van der Waals surface area (Å²) < 4.78 is 46.0. The van der Waals surface area contributed by atoms with Crippen molar-refractivity contribution < 1.29 is 121 Å². The number of anilines is 1. The highest BCUT2D eigenvalue weighted by Crippen LogP contribution is 2.70.